The summed E-state index contributed by atoms with van der Waals surface area (Å²) in [6.07, 6.45) is -1.76. The second-order valence-electron chi connectivity index (χ2n) is 5.91. The van der Waals surface area contributed by atoms with Gasteiger partial charge in [0.15, 0.2) is 5.82 Å². The van der Waals surface area contributed by atoms with E-state index < -0.39 is 18.7 Å². The summed E-state index contributed by atoms with van der Waals surface area (Å²) < 4.78 is 28.7. The number of anilines is 1. The summed E-state index contributed by atoms with van der Waals surface area (Å²) in [6.45, 7) is 1.25. The molecule has 0 spiro atoms. The number of aryl methyl sites for hydroxylation is 1. The van der Waals surface area contributed by atoms with Gasteiger partial charge in [-0.3, -0.25) is 9.36 Å². The van der Waals surface area contributed by atoms with Crippen LogP contribution in [0.1, 0.15) is 22.9 Å². The smallest absolute Gasteiger partial charge is 0.346 e. The number of amides is 1. The molecule has 2 aliphatic heterocycles. The molecule has 0 saturated heterocycles. The molecule has 2 aromatic heterocycles. The molecule has 0 fully saturated rings. The van der Waals surface area contributed by atoms with Crippen molar-refractivity contribution in [2.75, 3.05) is 18.4 Å². The first-order valence-electron chi connectivity index (χ1n) is 7.95. The number of alkyl halides is 2. The van der Waals surface area contributed by atoms with Crippen LogP contribution in [0.25, 0.3) is 0 Å². The minimum absolute atomic E-state index is 0.0572. The Morgan fingerprint density at radius 3 is 2.84 bits per heavy atom. The topological polar surface area (TPSA) is 103 Å². The van der Waals surface area contributed by atoms with Crippen LogP contribution in [0.4, 0.5) is 14.7 Å². The van der Waals surface area contributed by atoms with Gasteiger partial charge in [0, 0.05) is 26.2 Å². The Labute approximate surface area is 140 Å². The summed E-state index contributed by atoms with van der Waals surface area (Å²) in [4.78, 5) is 30.3. The van der Waals surface area contributed by atoms with Gasteiger partial charge in [0.2, 0.25) is 11.8 Å². The van der Waals surface area contributed by atoms with Crippen molar-refractivity contribution in [1.82, 2.24) is 34.0 Å². The monoisotopic (exact) mass is 354 g/mol. The average molecular weight is 354 g/mol. The first kappa shape index (κ1) is 15.7. The summed E-state index contributed by atoms with van der Waals surface area (Å²) >= 11 is 0. The van der Waals surface area contributed by atoms with Crippen molar-refractivity contribution in [1.29, 1.82) is 0 Å². The van der Waals surface area contributed by atoms with E-state index in [-0.39, 0.29) is 37.2 Å². The lowest BCUT2D eigenvalue weighted by atomic mass is 10.3. The molecule has 0 aromatic carbocycles. The molecular formula is C13H16F2N8O2. The average Bonchev–Trinajstić information content (AvgIpc) is 3.15. The Hall–Kier alpha value is -2.79. The van der Waals surface area contributed by atoms with Gasteiger partial charge in [-0.05, 0) is 6.42 Å². The fourth-order valence-electron chi connectivity index (χ4n) is 3.01. The van der Waals surface area contributed by atoms with E-state index in [9.17, 15) is 18.4 Å². The first-order chi connectivity index (χ1) is 12.0. The van der Waals surface area contributed by atoms with Crippen LogP contribution in [0.15, 0.2) is 4.79 Å². The van der Waals surface area contributed by atoms with E-state index in [2.05, 4.69) is 20.5 Å². The number of aromatic nitrogens is 6. The van der Waals surface area contributed by atoms with E-state index in [1.165, 1.54) is 9.47 Å². The number of hydrogen-bond acceptors (Lipinski definition) is 6. The van der Waals surface area contributed by atoms with Gasteiger partial charge in [0.05, 0.1) is 6.54 Å². The van der Waals surface area contributed by atoms with Crippen molar-refractivity contribution < 1.29 is 13.6 Å². The predicted octanol–water partition coefficient (Wildman–Crippen LogP) is -0.627. The zero-order valence-corrected chi connectivity index (χ0v) is 13.2. The Kier molecular flexibility index (Phi) is 3.73. The van der Waals surface area contributed by atoms with Crippen LogP contribution in [-0.2, 0) is 26.2 Å². The molecule has 12 heteroatoms. The molecular weight excluding hydrogens is 338 g/mol. The van der Waals surface area contributed by atoms with E-state index in [1.807, 2.05) is 0 Å². The van der Waals surface area contributed by atoms with Gasteiger partial charge in [-0.15, -0.1) is 5.10 Å². The Balaban J connectivity index is 1.55. The molecule has 0 aliphatic carbocycles. The quantitative estimate of drug-likeness (QED) is 0.788. The lowest BCUT2D eigenvalue weighted by Crippen LogP contribution is -2.41. The van der Waals surface area contributed by atoms with Crippen molar-refractivity contribution in [2.45, 2.75) is 39.0 Å². The van der Waals surface area contributed by atoms with Gasteiger partial charge in [-0.25, -0.2) is 22.9 Å². The van der Waals surface area contributed by atoms with E-state index in [0.717, 1.165) is 17.6 Å². The van der Waals surface area contributed by atoms with E-state index in [1.54, 1.807) is 4.68 Å². The molecule has 1 amide bonds. The van der Waals surface area contributed by atoms with E-state index in [4.69, 9.17) is 0 Å². The van der Waals surface area contributed by atoms with Crippen LogP contribution in [0, 0.1) is 0 Å². The lowest BCUT2D eigenvalue weighted by Gasteiger charge is -2.25. The van der Waals surface area contributed by atoms with E-state index in [0.29, 0.717) is 12.5 Å². The molecule has 4 rings (SSSR count). The molecule has 0 saturated carbocycles. The number of nitrogens with zero attached hydrogens (tertiary/aromatic N) is 7. The molecule has 4 heterocycles. The van der Waals surface area contributed by atoms with Gasteiger partial charge in [0.25, 0.3) is 12.3 Å². The third kappa shape index (κ3) is 2.76. The zero-order valence-electron chi connectivity index (χ0n) is 13.2. The number of rotatable bonds is 3. The minimum Gasteiger partial charge on any atom is -0.354 e. The maximum absolute atomic E-state index is 12.6. The summed E-state index contributed by atoms with van der Waals surface area (Å²) in [6, 6.07) is 0. The van der Waals surface area contributed by atoms with Gasteiger partial charge >= 0.3 is 5.69 Å². The molecule has 2 aliphatic rings. The number of carbonyl (C=O) groups excluding carboxylic acids is 1. The van der Waals surface area contributed by atoms with Crippen LogP contribution in [0.2, 0.25) is 0 Å². The van der Waals surface area contributed by atoms with Crippen LogP contribution in [0.5, 0.6) is 0 Å². The highest BCUT2D eigenvalue weighted by Crippen LogP contribution is 2.15. The first-order valence-corrected chi connectivity index (χ1v) is 7.95. The maximum atomic E-state index is 12.6. The van der Waals surface area contributed by atoms with Crippen LogP contribution in [-0.4, -0.2) is 59.4 Å². The molecule has 134 valence electrons. The Morgan fingerprint density at radius 1 is 1.24 bits per heavy atom. The van der Waals surface area contributed by atoms with Crippen molar-refractivity contribution in [3.05, 3.63) is 22.1 Å². The summed E-state index contributed by atoms with van der Waals surface area (Å²) in [5.74, 6) is 0.551. The normalized spacial score (nSPS) is 16.5. The van der Waals surface area contributed by atoms with Crippen LogP contribution >= 0.6 is 0 Å². The highest BCUT2D eigenvalue weighted by molar-refractivity contribution is 5.90. The molecule has 0 unspecified atom stereocenters. The van der Waals surface area contributed by atoms with Crippen LogP contribution < -0.4 is 11.0 Å². The standard InChI is InChI=1S/C13H16F2N8O2/c14-8(15)6-23-13(25)21-5-4-20(7-9(21)18-23)11(24)10-17-12-16-2-1-3-22(12)19-10/h8H,1-7H2,(H,16,17,19). The molecule has 10 nitrogen and oxygen atoms in total. The number of carbonyl (C=O) groups is 1. The summed E-state index contributed by atoms with van der Waals surface area (Å²) in [7, 11) is 0. The fourth-order valence-corrected chi connectivity index (χ4v) is 3.01. The molecule has 0 radical (unpaired) electrons. The molecule has 2 aromatic rings. The summed E-state index contributed by atoms with van der Waals surface area (Å²) in [5.41, 5.74) is -0.581. The number of fused-ring (bicyclic) bond motifs is 2. The molecule has 0 atom stereocenters. The highest BCUT2D eigenvalue weighted by atomic mass is 19.3. The van der Waals surface area contributed by atoms with Gasteiger partial charge in [-0.1, -0.05) is 0 Å². The minimum atomic E-state index is -2.67. The zero-order chi connectivity index (χ0) is 17.6. The van der Waals surface area contributed by atoms with Gasteiger partial charge in [0.1, 0.15) is 6.54 Å². The number of hydrogen-bond donors (Lipinski definition) is 1. The summed E-state index contributed by atoms with van der Waals surface area (Å²) in [5, 5.41) is 11.2. The highest BCUT2D eigenvalue weighted by Gasteiger charge is 2.29. The largest absolute Gasteiger partial charge is 0.354 e. The molecule has 0 bridgehead atoms. The van der Waals surface area contributed by atoms with Crippen molar-refractivity contribution >= 4 is 11.9 Å². The predicted molar refractivity (Wildman–Crippen MR) is 80.4 cm³/mol. The third-order valence-corrected chi connectivity index (χ3v) is 4.22. The maximum Gasteiger partial charge on any atom is 0.346 e. The second kappa shape index (κ2) is 5.93. The van der Waals surface area contributed by atoms with Crippen molar-refractivity contribution in [3.63, 3.8) is 0 Å². The van der Waals surface area contributed by atoms with Gasteiger partial charge in [-0.2, -0.15) is 10.1 Å². The number of nitrogens with one attached hydrogen (secondary N) is 1. The SMILES string of the molecule is O=C(c1nc2n(n1)CCCN2)N1CCn2c(nn(CC(F)F)c2=O)C1. The van der Waals surface area contributed by atoms with E-state index >= 15 is 0 Å². The lowest BCUT2D eigenvalue weighted by molar-refractivity contribution is 0.0693. The van der Waals surface area contributed by atoms with Crippen molar-refractivity contribution in [2.24, 2.45) is 0 Å². The third-order valence-electron chi connectivity index (χ3n) is 4.22. The second-order valence-corrected chi connectivity index (χ2v) is 5.91. The Bertz CT molecular complexity index is 846. The Morgan fingerprint density at radius 2 is 2.08 bits per heavy atom. The fraction of sp³-hybridized carbons (Fsp3) is 0.615. The van der Waals surface area contributed by atoms with Crippen LogP contribution in [0.3, 0.4) is 0 Å². The van der Waals surface area contributed by atoms with Crippen molar-refractivity contribution in [3.8, 4) is 0 Å². The number of halogens is 2. The molecule has 25 heavy (non-hydrogen) atoms. The molecule has 1 N–H and O–H groups in total. The van der Waals surface area contributed by atoms with Gasteiger partial charge < -0.3 is 10.2 Å².